The van der Waals surface area contributed by atoms with Crippen LogP contribution in [0.3, 0.4) is 0 Å². The number of halogens is 1. The molecule has 0 unspecified atom stereocenters. The zero-order valence-corrected chi connectivity index (χ0v) is 12.1. The number of benzene rings is 1. The number of rotatable bonds is 4. The SMILES string of the molecule is Cn1cc(S(=O)(=O)Nc2ccc(CBr)cc2)cn1. The van der Waals surface area contributed by atoms with Gasteiger partial charge in [0.2, 0.25) is 0 Å². The van der Waals surface area contributed by atoms with Gasteiger partial charge in [0.15, 0.2) is 0 Å². The summed E-state index contributed by atoms with van der Waals surface area (Å²) in [6.45, 7) is 0. The number of nitrogens with zero attached hydrogens (tertiary/aromatic N) is 2. The maximum absolute atomic E-state index is 12.0. The highest BCUT2D eigenvalue weighted by molar-refractivity contribution is 9.08. The normalized spacial score (nSPS) is 11.4. The molecule has 96 valence electrons. The molecule has 0 amide bonds. The number of hydrogen-bond donors (Lipinski definition) is 1. The molecule has 0 saturated heterocycles. The largest absolute Gasteiger partial charge is 0.280 e. The summed E-state index contributed by atoms with van der Waals surface area (Å²) in [7, 11) is -1.89. The lowest BCUT2D eigenvalue weighted by molar-refractivity contribution is 0.601. The summed E-state index contributed by atoms with van der Waals surface area (Å²) < 4.78 is 27.9. The summed E-state index contributed by atoms with van der Waals surface area (Å²) in [5.74, 6) is 0. The molecule has 18 heavy (non-hydrogen) atoms. The third-order valence-electron chi connectivity index (χ3n) is 2.35. The Balaban J connectivity index is 2.22. The maximum Gasteiger partial charge on any atom is 0.265 e. The number of alkyl halides is 1. The third-order valence-corrected chi connectivity index (χ3v) is 4.34. The Morgan fingerprint density at radius 2 is 2.00 bits per heavy atom. The van der Waals surface area contributed by atoms with Crippen LogP contribution in [0.4, 0.5) is 5.69 Å². The molecule has 0 radical (unpaired) electrons. The van der Waals surface area contributed by atoms with Crippen LogP contribution in [0, 0.1) is 0 Å². The minimum Gasteiger partial charge on any atom is -0.280 e. The summed E-state index contributed by atoms with van der Waals surface area (Å²) >= 11 is 3.33. The van der Waals surface area contributed by atoms with Gasteiger partial charge in [0, 0.05) is 24.3 Å². The van der Waals surface area contributed by atoms with E-state index < -0.39 is 10.0 Å². The second-order valence-corrected chi connectivity index (χ2v) is 6.03. The van der Waals surface area contributed by atoms with Gasteiger partial charge in [0.25, 0.3) is 10.0 Å². The molecule has 1 N–H and O–H groups in total. The standard InChI is InChI=1S/C11H12BrN3O2S/c1-15-8-11(7-13-15)18(16,17)14-10-4-2-9(6-12)3-5-10/h2-5,7-8,14H,6H2,1H3. The summed E-state index contributed by atoms with van der Waals surface area (Å²) in [5.41, 5.74) is 1.61. The van der Waals surface area contributed by atoms with Crippen molar-refractivity contribution in [2.75, 3.05) is 4.72 Å². The van der Waals surface area contributed by atoms with E-state index in [-0.39, 0.29) is 4.90 Å². The summed E-state index contributed by atoms with van der Waals surface area (Å²) in [6.07, 6.45) is 2.77. The van der Waals surface area contributed by atoms with Crippen LogP contribution >= 0.6 is 15.9 Å². The summed E-state index contributed by atoms with van der Waals surface area (Å²) in [5, 5.41) is 4.58. The van der Waals surface area contributed by atoms with Crippen LogP contribution < -0.4 is 4.72 Å². The van der Waals surface area contributed by atoms with E-state index in [1.54, 1.807) is 19.2 Å². The average Bonchev–Trinajstić information content (AvgIpc) is 2.77. The van der Waals surface area contributed by atoms with E-state index >= 15 is 0 Å². The topological polar surface area (TPSA) is 64.0 Å². The predicted octanol–water partition coefficient (Wildman–Crippen LogP) is 2.12. The fraction of sp³-hybridized carbons (Fsp3) is 0.182. The Bertz CT molecular complexity index is 635. The van der Waals surface area contributed by atoms with E-state index in [9.17, 15) is 8.42 Å². The van der Waals surface area contributed by atoms with Crippen molar-refractivity contribution in [3.8, 4) is 0 Å². The van der Waals surface area contributed by atoms with Crippen molar-refractivity contribution in [1.29, 1.82) is 0 Å². The number of hydrogen-bond acceptors (Lipinski definition) is 3. The van der Waals surface area contributed by atoms with Gasteiger partial charge < -0.3 is 0 Å². The Morgan fingerprint density at radius 1 is 1.33 bits per heavy atom. The molecule has 0 spiro atoms. The Hall–Kier alpha value is -1.34. The first kappa shape index (κ1) is 13.1. The molecule has 7 heteroatoms. The maximum atomic E-state index is 12.0. The second-order valence-electron chi connectivity index (χ2n) is 3.79. The smallest absolute Gasteiger partial charge is 0.265 e. The van der Waals surface area contributed by atoms with Gasteiger partial charge in [-0.2, -0.15) is 5.10 Å². The second kappa shape index (κ2) is 5.11. The van der Waals surface area contributed by atoms with Gasteiger partial charge in [-0.3, -0.25) is 9.40 Å². The minimum atomic E-state index is -3.56. The van der Waals surface area contributed by atoms with Crippen molar-refractivity contribution in [3.05, 3.63) is 42.2 Å². The molecule has 5 nitrogen and oxygen atoms in total. The first-order valence-electron chi connectivity index (χ1n) is 5.17. The quantitative estimate of drug-likeness (QED) is 0.874. The van der Waals surface area contributed by atoms with Crippen molar-refractivity contribution in [2.45, 2.75) is 10.2 Å². The fourth-order valence-corrected chi connectivity index (χ4v) is 2.83. The molecule has 0 saturated carbocycles. The Labute approximate surface area is 114 Å². The lowest BCUT2D eigenvalue weighted by atomic mass is 10.2. The number of sulfonamides is 1. The highest BCUT2D eigenvalue weighted by Crippen LogP contribution is 2.16. The van der Waals surface area contributed by atoms with Crippen molar-refractivity contribution >= 4 is 31.6 Å². The number of aromatic nitrogens is 2. The number of anilines is 1. The van der Waals surface area contributed by atoms with E-state index in [4.69, 9.17) is 0 Å². The molecule has 0 atom stereocenters. The van der Waals surface area contributed by atoms with Crippen molar-refractivity contribution in [3.63, 3.8) is 0 Å². The number of aryl methyl sites for hydroxylation is 1. The average molecular weight is 330 g/mol. The lowest BCUT2D eigenvalue weighted by Crippen LogP contribution is -2.12. The van der Waals surface area contributed by atoms with Gasteiger partial charge in [-0.15, -0.1) is 0 Å². The molecular weight excluding hydrogens is 318 g/mol. The number of nitrogens with one attached hydrogen (secondary N) is 1. The van der Waals surface area contributed by atoms with Crippen LogP contribution in [0.15, 0.2) is 41.6 Å². The van der Waals surface area contributed by atoms with E-state index in [0.29, 0.717) is 5.69 Å². The molecule has 1 aromatic heterocycles. The van der Waals surface area contributed by atoms with Crippen LogP contribution in [0.1, 0.15) is 5.56 Å². The molecule has 1 aromatic carbocycles. The minimum absolute atomic E-state index is 0.148. The molecule has 0 aliphatic rings. The van der Waals surface area contributed by atoms with Gasteiger partial charge in [-0.25, -0.2) is 8.42 Å². The molecular formula is C11H12BrN3O2S. The van der Waals surface area contributed by atoms with Crippen molar-refractivity contribution in [2.24, 2.45) is 7.05 Å². The van der Waals surface area contributed by atoms with Gasteiger partial charge in [0.05, 0.1) is 6.20 Å². The van der Waals surface area contributed by atoms with E-state index in [1.165, 1.54) is 17.1 Å². The third kappa shape index (κ3) is 2.91. The first-order chi connectivity index (χ1) is 8.51. The van der Waals surface area contributed by atoms with Crippen LogP contribution in [0.5, 0.6) is 0 Å². The summed E-state index contributed by atoms with van der Waals surface area (Å²) in [6, 6.07) is 7.17. The molecule has 0 fully saturated rings. The molecule has 2 rings (SSSR count). The first-order valence-corrected chi connectivity index (χ1v) is 7.78. The Kier molecular flexibility index (Phi) is 3.72. The molecule has 0 aliphatic carbocycles. The van der Waals surface area contributed by atoms with E-state index in [2.05, 4.69) is 25.8 Å². The van der Waals surface area contributed by atoms with Crippen molar-refractivity contribution < 1.29 is 8.42 Å². The lowest BCUT2D eigenvalue weighted by Gasteiger charge is -2.06. The van der Waals surface area contributed by atoms with E-state index in [0.717, 1.165) is 10.9 Å². The van der Waals surface area contributed by atoms with Gasteiger partial charge >= 0.3 is 0 Å². The highest BCUT2D eigenvalue weighted by Gasteiger charge is 2.15. The Morgan fingerprint density at radius 3 is 2.50 bits per heavy atom. The van der Waals surface area contributed by atoms with Gasteiger partial charge in [0.1, 0.15) is 4.90 Å². The molecule has 1 heterocycles. The molecule has 2 aromatic rings. The van der Waals surface area contributed by atoms with Crippen LogP contribution in [0.2, 0.25) is 0 Å². The van der Waals surface area contributed by atoms with Gasteiger partial charge in [-0.1, -0.05) is 28.1 Å². The fourth-order valence-electron chi connectivity index (χ4n) is 1.41. The zero-order chi connectivity index (χ0) is 13.2. The van der Waals surface area contributed by atoms with E-state index in [1.807, 2.05) is 12.1 Å². The van der Waals surface area contributed by atoms with Crippen LogP contribution in [-0.4, -0.2) is 18.2 Å². The molecule has 0 bridgehead atoms. The monoisotopic (exact) mass is 329 g/mol. The van der Waals surface area contributed by atoms with Crippen LogP contribution in [0.25, 0.3) is 0 Å². The van der Waals surface area contributed by atoms with Crippen LogP contribution in [-0.2, 0) is 22.4 Å². The molecule has 0 aliphatic heterocycles. The zero-order valence-electron chi connectivity index (χ0n) is 9.67. The van der Waals surface area contributed by atoms with Crippen molar-refractivity contribution in [1.82, 2.24) is 9.78 Å². The highest BCUT2D eigenvalue weighted by atomic mass is 79.9. The summed E-state index contributed by atoms with van der Waals surface area (Å²) in [4.78, 5) is 0.148. The predicted molar refractivity (Wildman–Crippen MR) is 73.1 cm³/mol. The van der Waals surface area contributed by atoms with Gasteiger partial charge in [-0.05, 0) is 17.7 Å².